The van der Waals surface area contributed by atoms with Crippen LogP contribution in [0.3, 0.4) is 0 Å². The van der Waals surface area contributed by atoms with Crippen LogP contribution in [0.1, 0.15) is 50.9 Å². The number of amides is 1. The van der Waals surface area contributed by atoms with Gasteiger partial charge in [0.15, 0.2) is 22.5 Å². The van der Waals surface area contributed by atoms with Crippen molar-refractivity contribution in [2.45, 2.75) is 56.8 Å². The van der Waals surface area contributed by atoms with Gasteiger partial charge >= 0.3 is 0 Å². The van der Waals surface area contributed by atoms with E-state index < -0.39 is 5.82 Å². The Morgan fingerprint density at radius 3 is 2.86 bits per heavy atom. The predicted octanol–water partition coefficient (Wildman–Crippen LogP) is 3.96. The van der Waals surface area contributed by atoms with Gasteiger partial charge in [-0.05, 0) is 56.1 Å². The molecule has 1 amide bonds. The Labute approximate surface area is 174 Å². The number of fused-ring (bicyclic) bond motifs is 2. The number of aromatic nitrogens is 3. The lowest BCUT2D eigenvalue weighted by molar-refractivity contribution is -0.117. The fraction of sp³-hybridized carbons (Fsp3) is 0.571. The zero-order valence-corrected chi connectivity index (χ0v) is 17.4. The molecule has 2 aliphatic carbocycles. The summed E-state index contributed by atoms with van der Waals surface area (Å²) >= 11 is 1.49. The number of ether oxygens (including phenoxy) is 1. The van der Waals surface area contributed by atoms with Gasteiger partial charge in [0.1, 0.15) is 6.61 Å². The van der Waals surface area contributed by atoms with Crippen LogP contribution in [0, 0.1) is 23.6 Å². The molecule has 0 saturated heterocycles. The highest BCUT2D eigenvalue weighted by molar-refractivity contribution is 7.99. The van der Waals surface area contributed by atoms with Crippen molar-refractivity contribution in [3.63, 3.8) is 0 Å². The Bertz CT molecular complexity index is 874. The Kier molecular flexibility index (Phi) is 6.08. The Balaban J connectivity index is 1.54. The molecule has 0 aliphatic heterocycles. The van der Waals surface area contributed by atoms with E-state index in [1.165, 1.54) is 43.5 Å². The second-order valence-electron chi connectivity index (χ2n) is 8.13. The summed E-state index contributed by atoms with van der Waals surface area (Å²) in [7, 11) is 0. The number of carbonyl (C=O) groups excluding carboxylic acids is 1. The first-order chi connectivity index (χ1) is 14.0. The van der Waals surface area contributed by atoms with E-state index in [1.807, 2.05) is 0 Å². The summed E-state index contributed by atoms with van der Waals surface area (Å²) in [5, 5.41) is 9.47. The minimum Gasteiger partial charge on any atom is -0.483 e. The van der Waals surface area contributed by atoms with Crippen LogP contribution in [-0.2, 0) is 11.4 Å². The summed E-state index contributed by atoms with van der Waals surface area (Å²) in [6, 6.07) is 6.60. The van der Waals surface area contributed by atoms with Crippen molar-refractivity contribution in [1.29, 1.82) is 0 Å². The first-order valence-electron chi connectivity index (χ1n) is 10.2. The van der Waals surface area contributed by atoms with Gasteiger partial charge in [-0.2, -0.15) is 0 Å². The molecule has 4 atom stereocenters. The van der Waals surface area contributed by atoms with Gasteiger partial charge in [0, 0.05) is 18.2 Å². The number of nitrogens with two attached hydrogens (primary N) is 1. The molecule has 2 N–H and O–H groups in total. The van der Waals surface area contributed by atoms with Gasteiger partial charge in [-0.1, -0.05) is 30.3 Å². The topological polar surface area (TPSA) is 83.0 Å². The molecule has 2 bridgehead atoms. The molecule has 0 radical (unpaired) electrons. The molecule has 8 heteroatoms. The van der Waals surface area contributed by atoms with E-state index in [2.05, 4.69) is 21.7 Å². The van der Waals surface area contributed by atoms with Crippen LogP contribution in [-0.4, -0.2) is 26.4 Å². The number of primary amides is 1. The van der Waals surface area contributed by atoms with Gasteiger partial charge in [-0.3, -0.25) is 9.36 Å². The summed E-state index contributed by atoms with van der Waals surface area (Å²) in [5.41, 5.74) is 5.28. The van der Waals surface area contributed by atoms with Crippen LogP contribution in [0.4, 0.5) is 4.39 Å². The third kappa shape index (κ3) is 4.42. The van der Waals surface area contributed by atoms with Gasteiger partial charge in [0.05, 0.1) is 0 Å². The molecular weight excluding hydrogens is 391 g/mol. The van der Waals surface area contributed by atoms with Crippen LogP contribution in [0.15, 0.2) is 29.4 Å². The summed E-state index contributed by atoms with van der Waals surface area (Å²) in [6.07, 6.45) is 5.50. The van der Waals surface area contributed by atoms with E-state index in [9.17, 15) is 9.18 Å². The maximum Gasteiger partial charge on any atom is 0.218 e. The Morgan fingerprint density at radius 2 is 2.17 bits per heavy atom. The normalized spacial score (nSPS) is 24.0. The molecular formula is C21H27FN4O2S. The van der Waals surface area contributed by atoms with E-state index in [4.69, 9.17) is 10.5 Å². The molecule has 6 nitrogen and oxygen atoms in total. The quantitative estimate of drug-likeness (QED) is 0.623. The van der Waals surface area contributed by atoms with Crippen LogP contribution in [0.2, 0.25) is 0 Å². The number of thioether (sulfide) groups is 1. The molecule has 29 heavy (non-hydrogen) atoms. The van der Waals surface area contributed by atoms with Crippen molar-refractivity contribution in [2.24, 2.45) is 23.5 Å². The number of rotatable bonds is 9. The zero-order chi connectivity index (χ0) is 20.4. The second-order valence-corrected chi connectivity index (χ2v) is 9.19. The fourth-order valence-electron chi connectivity index (χ4n) is 4.94. The minimum atomic E-state index is -0.393. The summed E-state index contributed by atoms with van der Waals surface area (Å²) in [4.78, 5) is 11.1. The first kappa shape index (κ1) is 20.2. The van der Waals surface area contributed by atoms with Crippen molar-refractivity contribution in [1.82, 2.24) is 14.8 Å². The third-order valence-corrected chi connectivity index (χ3v) is 7.27. The Hall–Kier alpha value is -2.09. The van der Waals surface area contributed by atoms with E-state index in [0.717, 1.165) is 17.0 Å². The third-order valence-electron chi connectivity index (χ3n) is 6.33. The van der Waals surface area contributed by atoms with Gasteiger partial charge in [0.2, 0.25) is 5.91 Å². The van der Waals surface area contributed by atoms with Crippen molar-refractivity contribution in [2.75, 3.05) is 5.75 Å². The molecule has 156 valence electrons. The van der Waals surface area contributed by atoms with Crippen molar-refractivity contribution >= 4 is 17.7 Å². The number of carbonyl (C=O) groups is 1. The van der Waals surface area contributed by atoms with Crippen LogP contribution >= 0.6 is 11.8 Å². The van der Waals surface area contributed by atoms with Crippen LogP contribution < -0.4 is 10.5 Å². The number of hydrogen-bond donors (Lipinski definition) is 1. The highest BCUT2D eigenvalue weighted by Gasteiger charge is 2.43. The number of halogens is 1. The monoisotopic (exact) mass is 418 g/mol. The highest BCUT2D eigenvalue weighted by atomic mass is 32.2. The van der Waals surface area contributed by atoms with Crippen molar-refractivity contribution in [3.8, 4) is 5.75 Å². The molecule has 4 rings (SSSR count). The molecule has 0 spiro atoms. The molecule has 2 saturated carbocycles. The molecule has 1 aromatic heterocycles. The van der Waals surface area contributed by atoms with E-state index in [1.54, 1.807) is 18.2 Å². The smallest absolute Gasteiger partial charge is 0.218 e. The maximum atomic E-state index is 13.9. The predicted molar refractivity (Wildman–Crippen MR) is 109 cm³/mol. The SMILES string of the molecule is C[C@H]([C@H]1C[C@H]2CC[C@H]1C2)n1c(COc2ccccc2F)nnc1SCCC(N)=O. The number of nitrogens with zero attached hydrogens (tertiary/aromatic N) is 3. The summed E-state index contributed by atoms with van der Waals surface area (Å²) in [5.74, 6) is 2.92. The molecule has 2 aromatic rings. The van der Waals surface area contributed by atoms with Gasteiger partial charge in [-0.25, -0.2) is 4.39 Å². The molecule has 0 unspecified atom stereocenters. The lowest BCUT2D eigenvalue weighted by atomic mass is 9.84. The largest absolute Gasteiger partial charge is 0.483 e. The lowest BCUT2D eigenvalue weighted by Crippen LogP contribution is -2.24. The zero-order valence-electron chi connectivity index (χ0n) is 16.6. The molecule has 2 fully saturated rings. The van der Waals surface area contributed by atoms with Gasteiger partial charge in [0.25, 0.3) is 0 Å². The fourth-order valence-corrected chi connectivity index (χ4v) is 5.93. The number of para-hydroxylation sites is 1. The van der Waals surface area contributed by atoms with E-state index in [-0.39, 0.29) is 24.3 Å². The van der Waals surface area contributed by atoms with Crippen LogP contribution in [0.25, 0.3) is 0 Å². The average molecular weight is 419 g/mol. The van der Waals surface area contributed by atoms with Crippen molar-refractivity contribution < 1.29 is 13.9 Å². The number of hydrogen-bond acceptors (Lipinski definition) is 5. The molecule has 1 aromatic carbocycles. The molecule has 2 aliphatic rings. The van der Waals surface area contributed by atoms with Gasteiger partial charge < -0.3 is 10.5 Å². The minimum absolute atomic E-state index is 0.148. The summed E-state index contributed by atoms with van der Waals surface area (Å²) in [6.45, 7) is 2.37. The standard InChI is InChI=1S/C21H27FN4O2S/c1-13(16-11-14-6-7-15(16)10-14)26-20(12-28-18-5-3-2-4-17(18)22)24-25-21(26)29-9-8-19(23)27/h2-5,13-16H,6-12H2,1H3,(H2,23,27)/t13-,14+,15+,16-/m1/s1. The Morgan fingerprint density at radius 1 is 1.34 bits per heavy atom. The highest BCUT2D eigenvalue weighted by Crippen LogP contribution is 2.52. The average Bonchev–Trinajstić information content (AvgIpc) is 3.42. The van der Waals surface area contributed by atoms with Gasteiger partial charge in [-0.15, -0.1) is 10.2 Å². The first-order valence-corrected chi connectivity index (χ1v) is 11.2. The maximum absolute atomic E-state index is 13.9. The molecule has 1 heterocycles. The second kappa shape index (κ2) is 8.73. The van der Waals surface area contributed by atoms with Crippen molar-refractivity contribution in [3.05, 3.63) is 35.9 Å². The van der Waals surface area contributed by atoms with Crippen LogP contribution in [0.5, 0.6) is 5.75 Å². The van der Waals surface area contributed by atoms with E-state index >= 15 is 0 Å². The summed E-state index contributed by atoms with van der Waals surface area (Å²) < 4.78 is 21.8. The number of benzene rings is 1. The lowest BCUT2D eigenvalue weighted by Gasteiger charge is -2.30. The van der Waals surface area contributed by atoms with E-state index in [0.29, 0.717) is 23.9 Å².